The summed E-state index contributed by atoms with van der Waals surface area (Å²) in [6, 6.07) is 13.9. The quantitative estimate of drug-likeness (QED) is 0.351. The van der Waals surface area contributed by atoms with E-state index >= 15 is 0 Å². The van der Waals surface area contributed by atoms with Crippen LogP contribution in [0, 0.1) is 17.7 Å². The number of nitrogens with zero attached hydrogens (tertiary/aromatic N) is 2. The van der Waals surface area contributed by atoms with Gasteiger partial charge in [-0.25, -0.2) is 4.39 Å². The molecule has 0 aliphatic carbocycles. The minimum atomic E-state index is -0.913. The van der Waals surface area contributed by atoms with Gasteiger partial charge in [-0.1, -0.05) is 43.3 Å². The number of carbonyl (C=O) groups excluding carboxylic acids is 2. The van der Waals surface area contributed by atoms with Crippen LogP contribution in [-0.4, -0.2) is 28.6 Å². The maximum absolute atomic E-state index is 14.5. The molecule has 0 aliphatic heterocycles. The highest BCUT2D eigenvalue weighted by Gasteiger charge is 2.13. The standard InChI is InChI=1S/C25H23F3N2O2/c1-3-24(32)30(2)15-20-9-8-19(14-21(20)26)16-4-6-17(7-5-16)22(31)12-10-18-11-13-23(27)29-25(18)28/h4-9,11,13-14H,3,10,12,15H2,1-2H3. The van der Waals surface area contributed by atoms with Gasteiger partial charge in [0.15, 0.2) is 5.78 Å². The van der Waals surface area contributed by atoms with Gasteiger partial charge in [-0.3, -0.25) is 9.59 Å². The normalized spacial score (nSPS) is 10.8. The van der Waals surface area contributed by atoms with Crippen LogP contribution in [0.3, 0.4) is 0 Å². The maximum Gasteiger partial charge on any atom is 0.222 e. The number of ketones is 1. The van der Waals surface area contributed by atoms with Gasteiger partial charge in [-0.15, -0.1) is 0 Å². The topological polar surface area (TPSA) is 50.3 Å². The fourth-order valence-corrected chi connectivity index (χ4v) is 3.34. The Kier molecular flexibility index (Phi) is 7.41. The molecule has 0 radical (unpaired) electrons. The maximum atomic E-state index is 14.5. The van der Waals surface area contributed by atoms with Crippen molar-refractivity contribution < 1.29 is 22.8 Å². The first-order chi connectivity index (χ1) is 15.3. The summed E-state index contributed by atoms with van der Waals surface area (Å²) in [5, 5.41) is 0. The van der Waals surface area contributed by atoms with Gasteiger partial charge in [0.05, 0.1) is 0 Å². The number of carbonyl (C=O) groups is 2. The first-order valence-corrected chi connectivity index (χ1v) is 10.3. The zero-order valence-corrected chi connectivity index (χ0v) is 17.9. The van der Waals surface area contributed by atoms with Crippen molar-refractivity contribution in [2.24, 2.45) is 0 Å². The molecule has 4 nitrogen and oxygen atoms in total. The Labute approximate surface area is 184 Å². The molecule has 7 heteroatoms. The summed E-state index contributed by atoms with van der Waals surface area (Å²) in [5.41, 5.74) is 2.43. The van der Waals surface area contributed by atoms with Crippen molar-refractivity contribution in [2.45, 2.75) is 32.7 Å². The number of hydrogen-bond acceptors (Lipinski definition) is 3. The van der Waals surface area contributed by atoms with E-state index in [9.17, 15) is 22.8 Å². The van der Waals surface area contributed by atoms with E-state index in [1.54, 1.807) is 50.4 Å². The zero-order valence-electron chi connectivity index (χ0n) is 17.9. The lowest BCUT2D eigenvalue weighted by Crippen LogP contribution is -2.25. The van der Waals surface area contributed by atoms with Crippen molar-refractivity contribution in [2.75, 3.05) is 7.05 Å². The van der Waals surface area contributed by atoms with Crippen LogP contribution >= 0.6 is 0 Å². The summed E-state index contributed by atoms with van der Waals surface area (Å²) in [6.07, 6.45) is 0.523. The highest BCUT2D eigenvalue weighted by molar-refractivity contribution is 5.96. The molecule has 0 bridgehead atoms. The Hall–Kier alpha value is -3.48. The lowest BCUT2D eigenvalue weighted by Gasteiger charge is -2.17. The van der Waals surface area contributed by atoms with E-state index in [1.165, 1.54) is 17.0 Å². The zero-order chi connectivity index (χ0) is 23.3. The lowest BCUT2D eigenvalue weighted by atomic mass is 9.99. The summed E-state index contributed by atoms with van der Waals surface area (Å²) in [5.74, 6) is -2.48. The van der Waals surface area contributed by atoms with Crippen LogP contribution in [0.2, 0.25) is 0 Å². The van der Waals surface area contributed by atoms with Gasteiger partial charge in [0.1, 0.15) is 5.82 Å². The van der Waals surface area contributed by atoms with Gasteiger partial charge in [0.25, 0.3) is 0 Å². The molecule has 0 N–H and O–H groups in total. The van der Waals surface area contributed by atoms with Crippen molar-refractivity contribution in [3.8, 4) is 11.1 Å². The number of rotatable bonds is 8. The van der Waals surface area contributed by atoms with Gasteiger partial charge in [-0.2, -0.15) is 13.8 Å². The number of Topliss-reactive ketones (excluding diaryl/α,β-unsaturated/α-hetero) is 1. The molecule has 0 aliphatic rings. The molecule has 0 atom stereocenters. The van der Waals surface area contributed by atoms with Crippen LogP contribution in [0.25, 0.3) is 11.1 Å². The molecule has 32 heavy (non-hydrogen) atoms. The van der Waals surface area contributed by atoms with E-state index in [-0.39, 0.29) is 36.6 Å². The van der Waals surface area contributed by atoms with Crippen LogP contribution < -0.4 is 0 Å². The summed E-state index contributed by atoms with van der Waals surface area (Å²) in [6.45, 7) is 1.95. The molecule has 2 aromatic carbocycles. The largest absolute Gasteiger partial charge is 0.341 e. The highest BCUT2D eigenvalue weighted by Crippen LogP contribution is 2.24. The monoisotopic (exact) mass is 440 g/mol. The number of aromatic nitrogens is 1. The van der Waals surface area contributed by atoms with E-state index in [2.05, 4.69) is 4.98 Å². The van der Waals surface area contributed by atoms with Crippen LogP contribution in [0.15, 0.2) is 54.6 Å². The Morgan fingerprint density at radius 1 is 0.906 bits per heavy atom. The predicted molar refractivity (Wildman–Crippen MR) is 115 cm³/mol. The first kappa shape index (κ1) is 23.2. The second kappa shape index (κ2) is 10.2. The fraction of sp³-hybridized carbons (Fsp3) is 0.240. The minimum Gasteiger partial charge on any atom is -0.341 e. The van der Waals surface area contributed by atoms with Crippen LogP contribution in [-0.2, 0) is 17.8 Å². The highest BCUT2D eigenvalue weighted by atomic mass is 19.1. The van der Waals surface area contributed by atoms with Crippen molar-refractivity contribution in [1.29, 1.82) is 0 Å². The number of halogens is 3. The van der Waals surface area contributed by atoms with Crippen molar-refractivity contribution in [3.63, 3.8) is 0 Å². The van der Waals surface area contributed by atoms with Crippen LogP contribution in [0.4, 0.5) is 13.2 Å². The molecule has 3 aromatic rings. The van der Waals surface area contributed by atoms with E-state index in [1.807, 2.05) is 0 Å². The molecule has 166 valence electrons. The van der Waals surface area contributed by atoms with Crippen molar-refractivity contribution in [3.05, 3.63) is 89.0 Å². The molecule has 0 fully saturated rings. The van der Waals surface area contributed by atoms with Crippen molar-refractivity contribution in [1.82, 2.24) is 9.88 Å². The summed E-state index contributed by atoms with van der Waals surface area (Å²) >= 11 is 0. The number of aryl methyl sites for hydroxylation is 1. The number of pyridine rings is 1. The Bertz CT molecular complexity index is 1130. The third-order valence-electron chi connectivity index (χ3n) is 5.24. The Morgan fingerprint density at radius 2 is 1.56 bits per heavy atom. The van der Waals surface area contributed by atoms with E-state index < -0.39 is 17.7 Å². The molecular formula is C25H23F3N2O2. The average Bonchev–Trinajstić information content (AvgIpc) is 2.79. The van der Waals surface area contributed by atoms with Gasteiger partial charge >= 0.3 is 0 Å². The van der Waals surface area contributed by atoms with Gasteiger partial charge in [0.2, 0.25) is 17.8 Å². The van der Waals surface area contributed by atoms with Gasteiger partial charge in [-0.05, 0) is 35.7 Å². The number of amides is 1. The molecule has 1 aromatic heterocycles. The second-order valence-electron chi connectivity index (χ2n) is 7.49. The molecule has 1 amide bonds. The Morgan fingerprint density at radius 3 is 2.19 bits per heavy atom. The van der Waals surface area contributed by atoms with Crippen LogP contribution in [0.1, 0.15) is 41.3 Å². The van der Waals surface area contributed by atoms with Crippen LogP contribution in [0.5, 0.6) is 0 Å². The number of benzene rings is 2. The average molecular weight is 440 g/mol. The lowest BCUT2D eigenvalue weighted by molar-refractivity contribution is -0.130. The predicted octanol–water partition coefficient (Wildman–Crippen LogP) is 5.35. The molecular weight excluding hydrogens is 417 g/mol. The first-order valence-electron chi connectivity index (χ1n) is 10.3. The third kappa shape index (κ3) is 5.60. The molecule has 0 saturated carbocycles. The molecule has 1 heterocycles. The van der Waals surface area contributed by atoms with Crippen molar-refractivity contribution >= 4 is 11.7 Å². The molecule has 3 rings (SSSR count). The summed E-state index contributed by atoms with van der Waals surface area (Å²) < 4.78 is 41.0. The smallest absolute Gasteiger partial charge is 0.222 e. The van der Waals surface area contributed by atoms with Gasteiger partial charge < -0.3 is 4.90 Å². The fourth-order valence-electron chi connectivity index (χ4n) is 3.34. The minimum absolute atomic E-state index is 0.0525. The third-order valence-corrected chi connectivity index (χ3v) is 5.24. The molecule has 0 spiro atoms. The number of hydrogen-bond donors (Lipinski definition) is 0. The Balaban J connectivity index is 1.66. The summed E-state index contributed by atoms with van der Waals surface area (Å²) in [4.78, 5) is 28.7. The van der Waals surface area contributed by atoms with E-state index in [4.69, 9.17) is 0 Å². The van der Waals surface area contributed by atoms with E-state index in [0.29, 0.717) is 23.1 Å². The van der Waals surface area contributed by atoms with E-state index in [0.717, 1.165) is 11.6 Å². The van der Waals surface area contributed by atoms with Gasteiger partial charge in [0, 0.05) is 43.1 Å². The second-order valence-corrected chi connectivity index (χ2v) is 7.49. The summed E-state index contributed by atoms with van der Waals surface area (Å²) in [7, 11) is 1.63. The molecule has 0 unspecified atom stereocenters. The SMILES string of the molecule is CCC(=O)N(C)Cc1ccc(-c2ccc(C(=O)CCc3ccc(F)nc3F)cc2)cc1F. The molecule has 0 saturated heterocycles.